The van der Waals surface area contributed by atoms with Gasteiger partial charge in [0.2, 0.25) is 6.29 Å². The number of carbonyl (C=O) groups is 8. The van der Waals surface area contributed by atoms with Gasteiger partial charge in [-0.3, -0.25) is 14.4 Å². The summed E-state index contributed by atoms with van der Waals surface area (Å²) in [6.07, 6.45) is 25.9. The van der Waals surface area contributed by atoms with Gasteiger partial charge < -0.3 is 42.6 Å². The van der Waals surface area contributed by atoms with Gasteiger partial charge in [-0.1, -0.05) is 26.3 Å². The summed E-state index contributed by atoms with van der Waals surface area (Å²) < 4.78 is 47.9. The summed E-state index contributed by atoms with van der Waals surface area (Å²) in [5.74, 6) is 10.8. The highest BCUT2D eigenvalue weighted by Gasteiger charge is 2.63. The first-order valence-corrected chi connectivity index (χ1v) is 34.9. The van der Waals surface area contributed by atoms with Crippen LogP contribution in [0.15, 0.2) is 48.6 Å². The number of fused-ring (bicyclic) bond motifs is 9. The Morgan fingerprint density at radius 1 is 0.418 bits per heavy atom. The first kappa shape index (κ1) is 68.5. The normalized spacial score (nSPS) is 38.6. The smallest absolute Gasteiger partial charge is 0.462 e. The van der Waals surface area contributed by atoms with Crippen molar-refractivity contribution in [1.82, 2.24) is 0 Å². The number of esters is 6. The highest BCUT2D eigenvalue weighted by atomic mass is 16.7. The van der Waals surface area contributed by atoms with E-state index in [1.807, 2.05) is 6.92 Å². The molecule has 91 heavy (non-hydrogen) atoms. The molecule has 16 rings (SSSR count). The van der Waals surface area contributed by atoms with E-state index in [9.17, 15) is 38.4 Å². The van der Waals surface area contributed by atoms with E-state index < -0.39 is 30.4 Å². The van der Waals surface area contributed by atoms with Crippen LogP contribution in [-0.2, 0) is 76.2 Å². The Morgan fingerprint density at radius 2 is 0.824 bits per heavy atom. The van der Waals surface area contributed by atoms with Crippen molar-refractivity contribution in [1.29, 1.82) is 0 Å². The molecule has 16 bridgehead atoms. The van der Waals surface area contributed by atoms with Crippen molar-refractivity contribution in [3.63, 3.8) is 0 Å². The molecule has 0 amide bonds. The molecule has 504 valence electrons. The zero-order chi connectivity index (χ0) is 65.3. The fraction of sp³-hybridized carbons (Fsp3) is 0.784. The molecule has 0 aromatic carbocycles. The van der Waals surface area contributed by atoms with Crippen molar-refractivity contribution in [2.75, 3.05) is 33.0 Å². The molecule has 8 unspecified atom stereocenters. The van der Waals surface area contributed by atoms with Gasteiger partial charge in [0.1, 0.15) is 43.4 Å². The summed E-state index contributed by atoms with van der Waals surface area (Å²) in [5, 5.41) is 0. The minimum atomic E-state index is -0.647. The van der Waals surface area contributed by atoms with Crippen LogP contribution >= 0.6 is 0 Å². The first-order valence-electron chi connectivity index (χ1n) is 34.9. The summed E-state index contributed by atoms with van der Waals surface area (Å²) in [6.45, 7) is 26.7. The number of Topliss-reactive ketones (excluding diaryl/α,β-unsaturated/α-hetero) is 1. The van der Waals surface area contributed by atoms with Crippen LogP contribution in [0.25, 0.3) is 0 Å². The van der Waals surface area contributed by atoms with Crippen LogP contribution in [0.5, 0.6) is 0 Å². The van der Waals surface area contributed by atoms with Crippen molar-refractivity contribution in [2.24, 2.45) is 106 Å². The second kappa shape index (κ2) is 28.7. The molecule has 16 aliphatic carbocycles. The van der Waals surface area contributed by atoms with Gasteiger partial charge >= 0.3 is 42.0 Å². The van der Waals surface area contributed by atoms with Crippen molar-refractivity contribution < 1.29 is 81.0 Å². The molecule has 17 heteroatoms. The van der Waals surface area contributed by atoms with Gasteiger partial charge in [-0.25, -0.2) is 24.0 Å². The van der Waals surface area contributed by atoms with E-state index in [1.54, 1.807) is 27.7 Å². The van der Waals surface area contributed by atoms with Crippen LogP contribution in [-0.4, -0.2) is 104 Å². The molecule has 16 aliphatic rings. The third-order valence-corrected chi connectivity index (χ3v) is 24.7. The molecule has 16 fully saturated rings. The number of rotatable bonds is 22. The molecule has 0 saturated heterocycles. The van der Waals surface area contributed by atoms with Crippen LogP contribution in [0.2, 0.25) is 0 Å². The first-order chi connectivity index (χ1) is 43.2. The summed E-state index contributed by atoms with van der Waals surface area (Å²) in [6, 6.07) is 0. The van der Waals surface area contributed by atoms with Gasteiger partial charge in [0.05, 0.1) is 25.6 Å². The van der Waals surface area contributed by atoms with E-state index in [0.29, 0.717) is 64.3 Å². The number of ether oxygens (including phenoxy) is 9. The van der Waals surface area contributed by atoms with Crippen molar-refractivity contribution in [3.05, 3.63) is 48.6 Å². The standard InChI is InChI=1S/C21H30O6.C18H26O5.C18H26O3.C17H24O3/c1-13(2)20(24)26-7-6-25-18(22)4-5-19(23)27-21(3)16-9-14-8-15(11-16)12-17(21)10-14;1-11(2)16(19)21-4-5-22-17(20)23-18(3)14-7-12-6-13(9-14)10-15(18)8-12;1-9(2)18(19)21-10(3)20-15-8-13-7-14(15)17-12-5-4-11(6-12)16(13)17;1-11(2)16(19)20-4-3-15(18)17-8-12-5-13(9-17)7-14(6-12)10-17/h14-17H,1,4-12H2,2-3H3;12-15H,1,4-10H2,2-3H3;10-17H,1,4-8H2,2-3H3;12-14H,1,3-10H2,2H3. The Morgan fingerprint density at radius 3 is 1.30 bits per heavy atom. The number of hydrogen-bond donors (Lipinski definition) is 0. The van der Waals surface area contributed by atoms with Gasteiger partial charge in [-0.15, -0.1) is 0 Å². The van der Waals surface area contributed by atoms with E-state index in [-0.39, 0.29) is 80.4 Å². The third kappa shape index (κ3) is 15.8. The van der Waals surface area contributed by atoms with Gasteiger partial charge in [-0.2, -0.15) is 0 Å². The van der Waals surface area contributed by atoms with Crippen LogP contribution in [0.4, 0.5) is 4.79 Å². The predicted octanol–water partition coefficient (Wildman–Crippen LogP) is 13.5. The van der Waals surface area contributed by atoms with E-state index in [4.69, 9.17) is 42.6 Å². The maximum absolute atomic E-state index is 12.6. The summed E-state index contributed by atoms with van der Waals surface area (Å²) in [7, 11) is 0. The van der Waals surface area contributed by atoms with Gasteiger partial charge in [0.15, 0.2) is 0 Å². The molecule has 0 aromatic heterocycles. The van der Waals surface area contributed by atoms with Crippen LogP contribution in [0.1, 0.15) is 203 Å². The predicted molar refractivity (Wildman–Crippen MR) is 336 cm³/mol. The highest BCUT2D eigenvalue weighted by molar-refractivity contribution is 5.89. The highest BCUT2D eigenvalue weighted by Crippen LogP contribution is 2.68. The fourth-order valence-corrected chi connectivity index (χ4v) is 21.4. The minimum Gasteiger partial charge on any atom is -0.462 e. The zero-order valence-electron chi connectivity index (χ0n) is 55.7. The Labute approximate surface area is 540 Å². The lowest BCUT2D eigenvalue weighted by Gasteiger charge is -2.59. The Balaban J connectivity index is 0.000000134. The molecule has 0 aliphatic heterocycles. The van der Waals surface area contributed by atoms with Crippen molar-refractivity contribution in [3.8, 4) is 0 Å². The topological polar surface area (TPSA) is 220 Å². The van der Waals surface area contributed by atoms with E-state index in [1.165, 1.54) is 116 Å². The van der Waals surface area contributed by atoms with E-state index in [0.717, 1.165) is 96.2 Å². The lowest BCUT2D eigenvalue weighted by molar-refractivity contribution is -0.203. The second-order valence-electron chi connectivity index (χ2n) is 31.3. The number of ketones is 1. The fourth-order valence-electron chi connectivity index (χ4n) is 21.4. The van der Waals surface area contributed by atoms with Crippen LogP contribution in [0, 0.1) is 106 Å². The van der Waals surface area contributed by atoms with Gasteiger partial charge in [0, 0.05) is 34.1 Å². The molecule has 0 radical (unpaired) electrons. The molecule has 0 spiro atoms. The lowest BCUT2D eigenvalue weighted by Crippen LogP contribution is -2.58. The molecule has 0 heterocycles. The Hall–Kier alpha value is -5.32. The third-order valence-electron chi connectivity index (χ3n) is 24.7. The summed E-state index contributed by atoms with van der Waals surface area (Å²) >= 11 is 0. The maximum atomic E-state index is 12.6. The molecule has 0 N–H and O–H groups in total. The largest absolute Gasteiger partial charge is 0.508 e. The average molecular weight is 1270 g/mol. The second-order valence-corrected chi connectivity index (χ2v) is 31.3. The SMILES string of the molecule is C=C(C)C(=O)OC(C)OC1CC2CC1C1C3CCC(C3)C21.C=C(C)C(=O)OCCC(=O)C12CC3CC(CC(C3)C1)C2.C=C(C)C(=O)OCCOC(=O)CCC(=O)OC1(C)C2CC3CC(C2)CC1C3.C=C(C)C(=O)OCCOC(=O)OC1(C)C2CC3CC(C2)CC1C3. The van der Waals surface area contributed by atoms with E-state index >= 15 is 0 Å². The quantitative estimate of drug-likeness (QED) is 0.0246. The average Bonchev–Trinajstić information content (AvgIpc) is 1.75. The maximum Gasteiger partial charge on any atom is 0.508 e. The molecule has 0 aromatic rings. The monoisotopic (exact) mass is 1270 g/mol. The minimum absolute atomic E-state index is 0.00845. The van der Waals surface area contributed by atoms with Gasteiger partial charge in [0.25, 0.3) is 0 Å². The van der Waals surface area contributed by atoms with Gasteiger partial charge in [-0.05, 0) is 284 Å². The lowest BCUT2D eigenvalue weighted by atomic mass is 9.48. The summed E-state index contributed by atoms with van der Waals surface area (Å²) in [4.78, 5) is 94.1. The molecule has 17 nitrogen and oxygen atoms in total. The Kier molecular flexibility index (Phi) is 21.6. The van der Waals surface area contributed by atoms with Crippen LogP contribution < -0.4 is 0 Å². The number of hydrogen-bond acceptors (Lipinski definition) is 17. The zero-order valence-corrected chi connectivity index (χ0v) is 55.7. The Bertz CT molecular complexity index is 2700. The molecule has 8 atom stereocenters. The molecular formula is C74H106O17. The van der Waals surface area contributed by atoms with Crippen LogP contribution in [0.3, 0.4) is 0 Å². The van der Waals surface area contributed by atoms with E-state index in [2.05, 4.69) is 40.2 Å². The molecule has 16 saturated carbocycles. The van der Waals surface area contributed by atoms with Crippen molar-refractivity contribution >= 4 is 47.8 Å². The summed E-state index contributed by atoms with van der Waals surface area (Å²) in [5.41, 5.74) is 0.629. The van der Waals surface area contributed by atoms with Crippen molar-refractivity contribution in [2.45, 2.75) is 226 Å². The number of carbonyl (C=O) groups excluding carboxylic acids is 8. The molecular weight excluding hydrogens is 1160 g/mol.